The van der Waals surface area contributed by atoms with E-state index in [-0.39, 0.29) is 24.2 Å². The quantitative estimate of drug-likeness (QED) is 0.0638. The maximum Gasteiger partial charge on any atom is 0.132 e. The summed E-state index contributed by atoms with van der Waals surface area (Å²) in [6.45, 7) is 2.11. The molecule has 2 aliphatic carbocycles. The first-order valence-electron chi connectivity index (χ1n) is 19.5. The van der Waals surface area contributed by atoms with Crippen LogP contribution in [-0.2, 0) is 0 Å². The molecule has 12 rings (SSSR count). The molecule has 0 fully saturated rings. The zero-order valence-corrected chi connectivity index (χ0v) is 32.9. The van der Waals surface area contributed by atoms with Crippen molar-refractivity contribution in [3.63, 3.8) is 0 Å². The minimum atomic E-state index is -0.132. The van der Waals surface area contributed by atoms with Crippen molar-refractivity contribution in [2.24, 2.45) is 9.98 Å². The summed E-state index contributed by atoms with van der Waals surface area (Å²) in [6, 6.07) is 39.7. The van der Waals surface area contributed by atoms with Gasteiger partial charge in [0.25, 0.3) is 0 Å². The van der Waals surface area contributed by atoms with E-state index in [2.05, 4.69) is 151 Å². The van der Waals surface area contributed by atoms with Gasteiger partial charge in [-0.25, -0.2) is 0 Å². The lowest BCUT2D eigenvalue weighted by atomic mass is 9.79. The number of nitrogens with one attached hydrogen (secondary N) is 6. The maximum atomic E-state index is 6.38. The van der Waals surface area contributed by atoms with Gasteiger partial charge in [-0.3, -0.25) is 9.98 Å². The summed E-state index contributed by atoms with van der Waals surface area (Å²) in [4.78, 5) is 17.7. The fourth-order valence-corrected chi connectivity index (χ4v) is 10.0. The second-order valence-electron chi connectivity index (χ2n) is 15.7. The summed E-state index contributed by atoms with van der Waals surface area (Å²) in [5.41, 5.74) is 37.8. The second kappa shape index (κ2) is 12.3. The Kier molecular flexibility index (Phi) is 7.01. The number of nitrogens with two attached hydrogens (primary N) is 2. The average Bonchev–Trinajstić information content (AvgIpc) is 4.03. The number of rotatable bonds is 5. The van der Waals surface area contributed by atoms with Crippen LogP contribution in [0.25, 0.3) is 44.1 Å². The highest BCUT2D eigenvalue weighted by Gasteiger charge is 2.41. The number of halogens is 1. The number of hydrazine groups is 1. The number of nitrogen functional groups attached to an aromatic ring is 2. The molecule has 11 heteroatoms. The SMILES string of the molecule is Cc1[nH]c2ccccc2c1C1=NC2c3cc(N)ccc3-c3ccc(NNc4ccc5c(c4)C4NC(c6c[nH]c7ccc(Br)cc67)=NC4c4cc(N)ccc4-5)cc3C2N1. The van der Waals surface area contributed by atoms with Crippen molar-refractivity contribution in [2.45, 2.75) is 31.1 Å². The highest BCUT2D eigenvalue weighted by atomic mass is 79.9. The number of fused-ring (bicyclic) bond motifs is 14. The second-order valence-corrected chi connectivity index (χ2v) is 16.6. The first-order chi connectivity index (χ1) is 28.3. The van der Waals surface area contributed by atoms with Crippen LogP contribution >= 0.6 is 15.9 Å². The van der Waals surface area contributed by atoms with Gasteiger partial charge < -0.3 is 42.9 Å². The normalized spacial score (nSPS) is 19.5. The number of hydrogen-bond acceptors (Lipinski definition) is 8. The number of aromatic amines is 2. The fourth-order valence-electron chi connectivity index (χ4n) is 9.68. The molecule has 58 heavy (non-hydrogen) atoms. The Morgan fingerprint density at radius 2 is 1.16 bits per heavy atom. The van der Waals surface area contributed by atoms with E-state index in [1.165, 1.54) is 22.3 Å². The van der Waals surface area contributed by atoms with Gasteiger partial charge in [-0.2, -0.15) is 0 Å². The lowest BCUT2D eigenvalue weighted by molar-refractivity contribution is 0.566. The lowest BCUT2D eigenvalue weighted by Crippen LogP contribution is -2.28. The number of nitrogens with zero attached hydrogens (tertiary/aromatic N) is 2. The van der Waals surface area contributed by atoms with Crippen LogP contribution in [0.4, 0.5) is 22.7 Å². The number of anilines is 4. The number of hydrogen-bond donors (Lipinski definition) is 8. The molecule has 10 N–H and O–H groups in total. The van der Waals surface area contributed by atoms with Gasteiger partial charge in [0, 0.05) is 60.7 Å². The number of amidine groups is 2. The standard InChI is InChI=1S/C47H37BrN10/c1-22-41(32-4-2-3-5-40(32)52-22)47-55-43-35-18-25(50)8-12-29(35)31-14-10-27(20-37(31)45(43)56-47)58-57-26-9-13-30-28-11-7-24(49)17-34(28)42-44(36(30)19-26)54-46(53-42)38-21-51-39-15-6-23(48)16-33(38)39/h2-21,42-45,51-52,57-58H,49-50H2,1H3,(H,53,54)(H,55,56). The van der Waals surface area contributed by atoms with Crippen LogP contribution in [-0.4, -0.2) is 21.6 Å². The highest BCUT2D eigenvalue weighted by molar-refractivity contribution is 9.10. The Labute approximate surface area is 342 Å². The molecule has 282 valence electrons. The van der Waals surface area contributed by atoms with Crippen molar-refractivity contribution in [3.05, 3.63) is 165 Å². The van der Waals surface area contributed by atoms with Crippen LogP contribution < -0.4 is 33.0 Å². The number of benzene rings is 6. The van der Waals surface area contributed by atoms with Crippen LogP contribution in [0.2, 0.25) is 0 Å². The topological polar surface area (TPSA) is 156 Å². The van der Waals surface area contributed by atoms with Crippen LogP contribution in [0.15, 0.2) is 136 Å². The Balaban J connectivity index is 0.872. The van der Waals surface area contributed by atoms with E-state index in [9.17, 15) is 0 Å². The molecule has 0 bridgehead atoms. The van der Waals surface area contributed by atoms with Crippen molar-refractivity contribution in [1.82, 2.24) is 20.6 Å². The molecule has 0 radical (unpaired) electrons. The molecule has 6 aromatic carbocycles. The van der Waals surface area contributed by atoms with E-state index in [0.717, 1.165) is 99.8 Å². The summed E-state index contributed by atoms with van der Waals surface area (Å²) >= 11 is 3.65. The Morgan fingerprint density at radius 1 is 0.569 bits per heavy atom. The maximum absolute atomic E-state index is 6.38. The molecule has 2 aliphatic heterocycles. The molecule has 0 amide bonds. The van der Waals surface area contributed by atoms with Gasteiger partial charge in [-0.05, 0) is 124 Å². The summed E-state index contributed by atoms with van der Waals surface area (Å²) in [5, 5.41) is 9.93. The largest absolute Gasteiger partial charge is 0.399 e. The van der Waals surface area contributed by atoms with Crippen molar-refractivity contribution < 1.29 is 0 Å². The third-order valence-electron chi connectivity index (χ3n) is 12.3. The van der Waals surface area contributed by atoms with E-state index < -0.39 is 0 Å². The van der Waals surface area contributed by atoms with E-state index in [1.54, 1.807) is 0 Å². The first kappa shape index (κ1) is 33.2. The van der Waals surface area contributed by atoms with Gasteiger partial charge in [0.15, 0.2) is 0 Å². The highest BCUT2D eigenvalue weighted by Crippen LogP contribution is 2.52. The summed E-state index contributed by atoms with van der Waals surface area (Å²) < 4.78 is 1.02. The zero-order valence-electron chi connectivity index (χ0n) is 31.3. The minimum absolute atomic E-state index is 0.0650. The van der Waals surface area contributed by atoms with E-state index in [4.69, 9.17) is 21.5 Å². The smallest absolute Gasteiger partial charge is 0.132 e. The Morgan fingerprint density at radius 3 is 1.83 bits per heavy atom. The van der Waals surface area contributed by atoms with Gasteiger partial charge in [-0.15, -0.1) is 0 Å². The van der Waals surface area contributed by atoms with Crippen LogP contribution in [0, 0.1) is 6.92 Å². The molecule has 0 spiro atoms. The van der Waals surface area contributed by atoms with Crippen molar-refractivity contribution in [1.29, 1.82) is 0 Å². The van der Waals surface area contributed by atoms with E-state index in [0.29, 0.717) is 0 Å². The number of H-pyrrole nitrogens is 2. The number of aryl methyl sites for hydroxylation is 1. The Bertz CT molecular complexity index is 3120. The average molecular weight is 822 g/mol. The molecule has 4 aliphatic rings. The van der Waals surface area contributed by atoms with Gasteiger partial charge in [0.2, 0.25) is 0 Å². The molecule has 4 atom stereocenters. The molecule has 2 aromatic heterocycles. The summed E-state index contributed by atoms with van der Waals surface area (Å²) in [7, 11) is 0. The van der Waals surface area contributed by atoms with Gasteiger partial charge in [0.05, 0.1) is 23.5 Å². The molecule has 8 aromatic rings. The van der Waals surface area contributed by atoms with Crippen LogP contribution in [0.5, 0.6) is 0 Å². The molecule has 10 nitrogen and oxygen atoms in total. The molecule has 0 saturated heterocycles. The predicted octanol–water partition coefficient (Wildman–Crippen LogP) is 9.95. The van der Waals surface area contributed by atoms with Crippen LogP contribution in [0.3, 0.4) is 0 Å². The third kappa shape index (κ3) is 4.96. The molecule has 4 unspecified atom stereocenters. The fraction of sp³-hybridized carbons (Fsp3) is 0.106. The molecule has 4 heterocycles. The minimum Gasteiger partial charge on any atom is -0.399 e. The van der Waals surface area contributed by atoms with Crippen molar-refractivity contribution in [3.8, 4) is 22.3 Å². The van der Waals surface area contributed by atoms with Gasteiger partial charge >= 0.3 is 0 Å². The van der Waals surface area contributed by atoms with Gasteiger partial charge in [-0.1, -0.05) is 58.4 Å². The molecule has 0 saturated carbocycles. The Hall–Kier alpha value is -6.98. The molecular weight excluding hydrogens is 784 g/mol. The monoisotopic (exact) mass is 820 g/mol. The first-order valence-corrected chi connectivity index (χ1v) is 20.3. The van der Waals surface area contributed by atoms with Crippen molar-refractivity contribution >= 4 is 72.2 Å². The zero-order chi connectivity index (χ0) is 38.8. The van der Waals surface area contributed by atoms with Gasteiger partial charge in [0.1, 0.15) is 23.8 Å². The van der Waals surface area contributed by atoms with E-state index >= 15 is 0 Å². The summed E-state index contributed by atoms with van der Waals surface area (Å²) in [5.74, 6) is 1.76. The number of aliphatic imine (C=N–C) groups is 2. The van der Waals surface area contributed by atoms with E-state index in [1.807, 2.05) is 24.4 Å². The van der Waals surface area contributed by atoms with Crippen LogP contribution in [0.1, 0.15) is 63.2 Å². The predicted molar refractivity (Wildman–Crippen MR) is 239 cm³/mol. The number of para-hydroxylation sites is 1. The molecular formula is C47H37BrN10. The summed E-state index contributed by atoms with van der Waals surface area (Å²) in [6.07, 6.45) is 2.04. The number of aromatic nitrogens is 2. The third-order valence-corrected chi connectivity index (χ3v) is 12.8. The lowest BCUT2D eigenvalue weighted by Gasteiger charge is -2.31. The van der Waals surface area contributed by atoms with Crippen molar-refractivity contribution in [2.75, 3.05) is 22.3 Å².